The van der Waals surface area contributed by atoms with E-state index in [1.54, 1.807) is 0 Å². The van der Waals surface area contributed by atoms with Gasteiger partial charge in [-0.15, -0.1) is 0 Å². The molecule has 0 N–H and O–H groups in total. The molecule has 6 heteroatoms. The largest absolute Gasteiger partial charge is 0.454 e. The maximum absolute atomic E-state index is 7.19. The molecule has 0 saturated heterocycles. The lowest BCUT2D eigenvalue weighted by molar-refractivity contribution is 0.666. The molecule has 0 aliphatic heterocycles. The molecule has 4 aromatic heterocycles. The van der Waals surface area contributed by atoms with Crippen LogP contribution in [-0.2, 0) is 0 Å². The van der Waals surface area contributed by atoms with Crippen LogP contribution in [0.15, 0.2) is 217 Å². The Morgan fingerprint density at radius 3 is 1.46 bits per heavy atom. The van der Waals surface area contributed by atoms with Crippen molar-refractivity contribution in [3.05, 3.63) is 212 Å². The maximum Gasteiger partial charge on any atom is 0.164 e. The number of fused-ring (bicyclic) bond motifs is 9. The molecule has 6 nitrogen and oxygen atoms in total. The summed E-state index contributed by atoms with van der Waals surface area (Å²) in [6.07, 6.45) is 0. The van der Waals surface area contributed by atoms with Gasteiger partial charge >= 0.3 is 0 Å². The topological polar surface area (TPSA) is 61.7 Å². The van der Waals surface area contributed by atoms with Gasteiger partial charge in [-0.05, 0) is 65.7 Å². The van der Waals surface area contributed by atoms with Gasteiger partial charge < -0.3 is 13.6 Å². The Bertz CT molecular complexity index is 3830. The molecule has 0 saturated carbocycles. The first kappa shape index (κ1) is 35.2. The van der Waals surface area contributed by atoms with Gasteiger partial charge in [-0.3, -0.25) is 0 Å². The smallest absolute Gasteiger partial charge is 0.164 e. The Balaban J connectivity index is 1.08. The Morgan fingerprint density at radius 2 is 0.841 bits per heavy atom. The zero-order valence-electron chi connectivity index (χ0n) is 33.9. The SMILES string of the molecule is c1ccc(-c2nc(-c3ccccc3)nc(-c3ccc4c(c3)oc3c(-n5c6ccccc6c6cc7c8ccccc8n(-c8ccccc8)c7cc65)ccc(-c5ccccc5)c34)n2)cc1. The minimum atomic E-state index is 0.578. The van der Waals surface area contributed by atoms with Crippen molar-refractivity contribution >= 4 is 65.6 Å². The molecule has 63 heavy (non-hydrogen) atoms. The minimum Gasteiger partial charge on any atom is -0.454 e. The third-order valence-corrected chi connectivity index (χ3v) is 12.4. The molecule has 13 aromatic rings. The monoisotopic (exact) mass is 805 g/mol. The van der Waals surface area contributed by atoms with E-state index in [2.05, 4.69) is 161 Å². The summed E-state index contributed by atoms with van der Waals surface area (Å²) in [5.41, 5.74) is 13.1. The fourth-order valence-corrected chi connectivity index (χ4v) is 9.52. The average molecular weight is 806 g/mol. The van der Waals surface area contributed by atoms with E-state index in [-0.39, 0.29) is 0 Å². The van der Waals surface area contributed by atoms with Crippen molar-refractivity contribution < 1.29 is 4.42 Å². The summed E-state index contributed by atoms with van der Waals surface area (Å²) < 4.78 is 12.0. The Kier molecular flexibility index (Phi) is 7.80. The summed E-state index contributed by atoms with van der Waals surface area (Å²) >= 11 is 0. The van der Waals surface area contributed by atoms with Crippen molar-refractivity contribution in [2.75, 3.05) is 0 Å². The van der Waals surface area contributed by atoms with Crippen molar-refractivity contribution in [1.29, 1.82) is 0 Å². The van der Waals surface area contributed by atoms with Crippen LogP contribution in [0.1, 0.15) is 0 Å². The Morgan fingerprint density at radius 1 is 0.333 bits per heavy atom. The molecule has 0 radical (unpaired) electrons. The highest BCUT2D eigenvalue weighted by atomic mass is 16.3. The van der Waals surface area contributed by atoms with Crippen LogP contribution in [0.4, 0.5) is 0 Å². The van der Waals surface area contributed by atoms with Crippen LogP contribution in [0.5, 0.6) is 0 Å². The normalized spacial score (nSPS) is 11.8. The summed E-state index contributed by atoms with van der Waals surface area (Å²) in [7, 11) is 0. The highest BCUT2D eigenvalue weighted by Gasteiger charge is 2.23. The van der Waals surface area contributed by atoms with Crippen molar-refractivity contribution in [3.63, 3.8) is 0 Å². The summed E-state index contributed by atoms with van der Waals surface area (Å²) in [4.78, 5) is 15.0. The lowest BCUT2D eigenvalue weighted by Gasteiger charge is -2.12. The molecular weight excluding hydrogens is 771 g/mol. The first-order valence-electron chi connectivity index (χ1n) is 21.2. The molecule has 0 fully saturated rings. The van der Waals surface area contributed by atoms with Gasteiger partial charge in [-0.2, -0.15) is 0 Å². The average Bonchev–Trinajstić information content (AvgIpc) is 4.01. The number of aromatic nitrogens is 5. The second-order valence-electron chi connectivity index (χ2n) is 16.0. The van der Waals surface area contributed by atoms with Crippen LogP contribution >= 0.6 is 0 Å². The quantitative estimate of drug-likeness (QED) is 0.168. The summed E-state index contributed by atoms with van der Waals surface area (Å²) in [6, 6.07) is 74.4. The van der Waals surface area contributed by atoms with Crippen molar-refractivity contribution in [2.45, 2.75) is 0 Å². The zero-order valence-corrected chi connectivity index (χ0v) is 33.9. The fraction of sp³-hybridized carbons (Fsp3) is 0. The van der Waals surface area contributed by atoms with Crippen LogP contribution in [-0.4, -0.2) is 24.1 Å². The van der Waals surface area contributed by atoms with Crippen LogP contribution < -0.4 is 0 Å². The number of hydrogen-bond donors (Lipinski definition) is 0. The van der Waals surface area contributed by atoms with Gasteiger partial charge in [0.05, 0.1) is 27.8 Å². The lowest BCUT2D eigenvalue weighted by atomic mass is 9.98. The van der Waals surface area contributed by atoms with E-state index in [9.17, 15) is 0 Å². The van der Waals surface area contributed by atoms with Crippen LogP contribution in [0, 0.1) is 0 Å². The number of nitrogens with zero attached hydrogens (tertiary/aromatic N) is 5. The first-order valence-corrected chi connectivity index (χ1v) is 21.2. The van der Waals surface area contributed by atoms with Gasteiger partial charge in [0.15, 0.2) is 23.1 Å². The molecule has 0 unspecified atom stereocenters. The third kappa shape index (κ3) is 5.55. The van der Waals surface area contributed by atoms with Gasteiger partial charge in [0, 0.05) is 54.7 Å². The molecule has 0 aliphatic rings. The molecule has 0 spiro atoms. The number of furan rings is 1. The standard InChI is InChI=1S/C57H35N5O/c1-5-17-36(18-6-1)41-31-32-49(62-48-28-16-14-26-43(48)46-34-45-42-25-13-15-27-47(42)61(50(45)35-51(46)62)40-23-11-4-12-24-40)54-53(41)44-30-29-39(33-52(44)63-54)57-59-55(37-19-7-2-8-20-37)58-56(60-57)38-21-9-3-10-22-38/h1-35H. The van der Waals surface area contributed by atoms with Gasteiger partial charge in [0.2, 0.25) is 0 Å². The van der Waals surface area contributed by atoms with Gasteiger partial charge in [-0.25, -0.2) is 15.0 Å². The van der Waals surface area contributed by atoms with E-state index < -0.39 is 0 Å². The third-order valence-electron chi connectivity index (χ3n) is 12.4. The maximum atomic E-state index is 7.19. The van der Waals surface area contributed by atoms with E-state index in [1.807, 2.05) is 60.7 Å². The number of rotatable bonds is 6. The lowest BCUT2D eigenvalue weighted by Crippen LogP contribution is -2.00. The first-order chi connectivity index (χ1) is 31.2. The summed E-state index contributed by atoms with van der Waals surface area (Å²) in [5.74, 6) is 1.81. The van der Waals surface area contributed by atoms with Crippen LogP contribution in [0.3, 0.4) is 0 Å². The number of hydrogen-bond acceptors (Lipinski definition) is 4. The minimum absolute atomic E-state index is 0.578. The summed E-state index contributed by atoms with van der Waals surface area (Å²) in [6.45, 7) is 0. The Hall–Kier alpha value is -8.61. The van der Waals surface area contributed by atoms with Crippen molar-refractivity contribution in [2.24, 2.45) is 0 Å². The molecule has 13 rings (SSSR count). The molecule has 294 valence electrons. The van der Waals surface area contributed by atoms with Crippen molar-refractivity contribution in [1.82, 2.24) is 24.1 Å². The second-order valence-corrected chi connectivity index (χ2v) is 16.0. The fourth-order valence-electron chi connectivity index (χ4n) is 9.52. The summed E-state index contributed by atoms with van der Waals surface area (Å²) in [5, 5.41) is 6.88. The predicted molar refractivity (Wildman–Crippen MR) is 258 cm³/mol. The number of benzene rings is 9. The predicted octanol–water partition coefficient (Wildman–Crippen LogP) is 14.6. The molecule has 0 amide bonds. The van der Waals surface area contributed by atoms with Crippen LogP contribution in [0.2, 0.25) is 0 Å². The molecule has 9 aromatic carbocycles. The van der Waals surface area contributed by atoms with E-state index in [0.717, 1.165) is 77.7 Å². The van der Waals surface area contributed by atoms with E-state index in [0.29, 0.717) is 17.5 Å². The van der Waals surface area contributed by atoms with E-state index in [1.165, 1.54) is 27.1 Å². The highest BCUT2D eigenvalue weighted by Crippen LogP contribution is 2.45. The molecule has 0 aliphatic carbocycles. The van der Waals surface area contributed by atoms with Crippen molar-refractivity contribution in [3.8, 4) is 56.7 Å². The molecule has 0 atom stereocenters. The van der Waals surface area contributed by atoms with E-state index >= 15 is 0 Å². The molecular formula is C57H35N5O. The zero-order chi connectivity index (χ0) is 41.4. The second kappa shape index (κ2) is 14.0. The number of para-hydroxylation sites is 3. The highest BCUT2D eigenvalue weighted by molar-refractivity contribution is 6.21. The van der Waals surface area contributed by atoms with Crippen LogP contribution in [0.25, 0.3) is 122 Å². The van der Waals surface area contributed by atoms with E-state index in [4.69, 9.17) is 19.4 Å². The van der Waals surface area contributed by atoms with Gasteiger partial charge in [-0.1, -0.05) is 158 Å². The van der Waals surface area contributed by atoms with Gasteiger partial charge in [0.25, 0.3) is 0 Å². The Labute approximate surface area is 361 Å². The molecule has 0 bridgehead atoms. The van der Waals surface area contributed by atoms with Gasteiger partial charge in [0.1, 0.15) is 5.58 Å². The molecule has 4 heterocycles.